The minimum absolute atomic E-state index is 0.0488. The lowest BCUT2D eigenvalue weighted by molar-refractivity contribution is -0.141. The summed E-state index contributed by atoms with van der Waals surface area (Å²) in [7, 11) is 1.35. The molecule has 1 aromatic heterocycles. The molecule has 0 aromatic carbocycles. The van der Waals surface area contributed by atoms with Gasteiger partial charge in [0.05, 0.1) is 19.3 Å². The van der Waals surface area contributed by atoms with Crippen LogP contribution in [0.15, 0.2) is 11.4 Å². The Bertz CT molecular complexity index is 457. The zero-order valence-corrected chi connectivity index (χ0v) is 12.1. The summed E-state index contributed by atoms with van der Waals surface area (Å²) in [4.78, 5) is 26.0. The number of carbonyl (C=O) groups excluding carboxylic acids is 1. The lowest BCUT2D eigenvalue weighted by atomic mass is 10.1. The number of ether oxygens (including phenoxy) is 1. The maximum atomic E-state index is 11.2. The number of carbonyl (C=O) groups is 2. The largest absolute Gasteiger partial charge is 0.481 e. The van der Waals surface area contributed by atoms with Gasteiger partial charge in [0.1, 0.15) is 0 Å². The lowest BCUT2D eigenvalue weighted by Crippen LogP contribution is -2.11. The van der Waals surface area contributed by atoms with E-state index in [2.05, 4.69) is 9.72 Å². The lowest BCUT2D eigenvalue weighted by Gasteiger charge is -2.12. The van der Waals surface area contributed by atoms with Crippen LogP contribution < -0.4 is 0 Å². The first kappa shape index (κ1) is 15.6. The van der Waals surface area contributed by atoms with Gasteiger partial charge in [-0.3, -0.25) is 9.59 Å². The molecule has 0 radical (unpaired) electrons. The molecule has 0 bridgehead atoms. The third-order valence-corrected chi connectivity index (χ3v) is 3.51. The number of rotatable bonds is 7. The Labute approximate surface area is 116 Å². The third-order valence-electron chi connectivity index (χ3n) is 2.53. The maximum Gasteiger partial charge on any atom is 0.313 e. The minimum atomic E-state index is -0.890. The molecule has 0 fully saturated rings. The van der Waals surface area contributed by atoms with Crippen molar-refractivity contribution in [3.63, 3.8) is 0 Å². The zero-order chi connectivity index (χ0) is 14.4. The Kier molecular flexibility index (Phi) is 5.88. The first-order valence-electron chi connectivity index (χ1n) is 5.92. The van der Waals surface area contributed by atoms with Crippen LogP contribution in [-0.2, 0) is 20.9 Å². The van der Waals surface area contributed by atoms with Crippen molar-refractivity contribution in [2.24, 2.45) is 0 Å². The van der Waals surface area contributed by atoms with E-state index in [9.17, 15) is 9.59 Å². The van der Waals surface area contributed by atoms with Gasteiger partial charge in [-0.15, -0.1) is 0 Å². The van der Waals surface area contributed by atoms with Gasteiger partial charge in [-0.1, -0.05) is 25.6 Å². The number of carboxylic acids is 1. The molecule has 1 N–H and O–H groups in total. The van der Waals surface area contributed by atoms with Crippen molar-refractivity contribution >= 4 is 23.7 Å². The molecule has 0 saturated heterocycles. The van der Waals surface area contributed by atoms with Crippen molar-refractivity contribution in [3.05, 3.63) is 11.9 Å². The Morgan fingerprint density at radius 3 is 2.74 bits per heavy atom. The number of nitrogens with zero attached hydrogens (tertiary/aromatic N) is 2. The van der Waals surface area contributed by atoms with Gasteiger partial charge in [0.15, 0.2) is 5.16 Å². The Morgan fingerprint density at radius 2 is 2.21 bits per heavy atom. The van der Waals surface area contributed by atoms with Crippen molar-refractivity contribution in [2.75, 3.05) is 12.9 Å². The van der Waals surface area contributed by atoms with Crippen LogP contribution in [0.3, 0.4) is 0 Å². The van der Waals surface area contributed by atoms with Crippen molar-refractivity contribution in [1.82, 2.24) is 9.55 Å². The summed E-state index contributed by atoms with van der Waals surface area (Å²) >= 11 is 1.15. The van der Waals surface area contributed by atoms with E-state index in [4.69, 9.17) is 5.11 Å². The quantitative estimate of drug-likeness (QED) is 0.607. The van der Waals surface area contributed by atoms with Gasteiger partial charge < -0.3 is 14.4 Å². The number of aliphatic carboxylic acids is 1. The van der Waals surface area contributed by atoms with Crippen molar-refractivity contribution < 1.29 is 19.4 Å². The van der Waals surface area contributed by atoms with E-state index in [0.29, 0.717) is 11.7 Å². The van der Waals surface area contributed by atoms with Gasteiger partial charge in [0, 0.05) is 18.4 Å². The molecule has 1 rings (SSSR count). The highest BCUT2D eigenvalue weighted by Gasteiger charge is 2.15. The van der Waals surface area contributed by atoms with Gasteiger partial charge >= 0.3 is 11.9 Å². The number of imidazole rings is 1. The molecular weight excluding hydrogens is 268 g/mol. The second kappa shape index (κ2) is 7.18. The molecule has 1 aromatic rings. The monoisotopic (exact) mass is 286 g/mol. The average Bonchev–Trinajstić information content (AvgIpc) is 2.76. The molecule has 7 heteroatoms. The summed E-state index contributed by atoms with van der Waals surface area (Å²) in [5.41, 5.74) is 0.983. The van der Waals surface area contributed by atoms with Gasteiger partial charge in [0.2, 0.25) is 0 Å². The van der Waals surface area contributed by atoms with Crippen molar-refractivity contribution in [3.8, 4) is 0 Å². The summed E-state index contributed by atoms with van der Waals surface area (Å²) < 4.78 is 6.50. The Balaban J connectivity index is 2.85. The second-order valence-corrected chi connectivity index (χ2v) is 5.22. The number of thioether (sulfide) groups is 1. The molecule has 0 aliphatic heterocycles. The van der Waals surface area contributed by atoms with Crippen LogP contribution in [0.5, 0.6) is 0 Å². The maximum absolute atomic E-state index is 11.2. The average molecular weight is 286 g/mol. The van der Waals surface area contributed by atoms with Crippen molar-refractivity contribution in [2.45, 2.75) is 37.9 Å². The summed E-state index contributed by atoms with van der Waals surface area (Å²) in [6, 6.07) is 0. The Morgan fingerprint density at radius 1 is 1.53 bits per heavy atom. The van der Waals surface area contributed by atoms with Crippen LogP contribution in [-0.4, -0.2) is 39.5 Å². The summed E-state index contributed by atoms with van der Waals surface area (Å²) in [5.74, 6) is -0.979. The summed E-state index contributed by atoms with van der Waals surface area (Å²) in [5, 5.41) is 9.33. The number of carboxylic acid groups (broad SMARTS) is 1. The van der Waals surface area contributed by atoms with E-state index < -0.39 is 5.97 Å². The second-order valence-electron chi connectivity index (χ2n) is 4.28. The summed E-state index contributed by atoms with van der Waals surface area (Å²) in [6.07, 6.45) is 1.97. The molecule has 0 amide bonds. The topological polar surface area (TPSA) is 81.4 Å². The van der Waals surface area contributed by atoms with Crippen LogP contribution >= 0.6 is 11.8 Å². The van der Waals surface area contributed by atoms with Gasteiger partial charge in [0.25, 0.3) is 0 Å². The third kappa shape index (κ3) is 4.59. The molecule has 0 aliphatic rings. The number of hydrogen-bond acceptors (Lipinski definition) is 5. The standard InChI is InChI=1S/C12H18N2O4S/c1-8(2)9-6-13-12(19-7-10(15)16)14(9)5-4-11(17)18-3/h6,8H,4-5,7H2,1-3H3,(H,15,16). The van der Waals surface area contributed by atoms with Crippen LogP contribution in [0.1, 0.15) is 31.9 Å². The first-order valence-corrected chi connectivity index (χ1v) is 6.91. The smallest absolute Gasteiger partial charge is 0.313 e. The van der Waals surface area contributed by atoms with Crippen LogP contribution in [0.2, 0.25) is 0 Å². The normalized spacial score (nSPS) is 10.7. The van der Waals surface area contributed by atoms with Crippen LogP contribution in [0.4, 0.5) is 0 Å². The highest BCUT2D eigenvalue weighted by atomic mass is 32.2. The molecule has 1 heterocycles. The fourth-order valence-corrected chi connectivity index (χ4v) is 2.34. The van der Waals surface area contributed by atoms with Gasteiger partial charge in [-0.05, 0) is 5.92 Å². The molecule has 19 heavy (non-hydrogen) atoms. The van der Waals surface area contributed by atoms with E-state index in [-0.39, 0.29) is 24.1 Å². The van der Waals surface area contributed by atoms with E-state index >= 15 is 0 Å². The number of hydrogen-bond donors (Lipinski definition) is 1. The van der Waals surface area contributed by atoms with Crippen molar-refractivity contribution in [1.29, 1.82) is 0 Å². The number of methoxy groups -OCH3 is 1. The zero-order valence-electron chi connectivity index (χ0n) is 11.3. The van der Waals surface area contributed by atoms with Crippen LogP contribution in [0, 0.1) is 0 Å². The predicted octanol–water partition coefficient (Wildman–Crippen LogP) is 1.75. The van der Waals surface area contributed by atoms with E-state index in [1.807, 2.05) is 18.4 Å². The molecule has 0 spiro atoms. The molecular formula is C12H18N2O4S. The SMILES string of the molecule is COC(=O)CCn1c(C(C)C)cnc1SCC(=O)O. The summed E-state index contributed by atoms with van der Waals surface area (Å²) in [6.45, 7) is 4.50. The molecule has 0 atom stereocenters. The van der Waals surface area contributed by atoms with Gasteiger partial charge in [-0.25, -0.2) is 4.98 Å². The fourth-order valence-electron chi connectivity index (χ4n) is 1.60. The van der Waals surface area contributed by atoms with Crippen LogP contribution in [0.25, 0.3) is 0 Å². The Hall–Kier alpha value is -1.50. The first-order chi connectivity index (χ1) is 8.95. The van der Waals surface area contributed by atoms with E-state index in [1.54, 1.807) is 6.20 Å². The molecule has 0 unspecified atom stereocenters. The molecule has 0 saturated carbocycles. The van der Waals surface area contributed by atoms with E-state index in [0.717, 1.165) is 17.5 Å². The number of aromatic nitrogens is 2. The van der Waals surface area contributed by atoms with Gasteiger partial charge in [-0.2, -0.15) is 0 Å². The number of esters is 1. The highest BCUT2D eigenvalue weighted by Crippen LogP contribution is 2.23. The minimum Gasteiger partial charge on any atom is -0.481 e. The highest BCUT2D eigenvalue weighted by molar-refractivity contribution is 7.99. The molecule has 6 nitrogen and oxygen atoms in total. The van der Waals surface area contributed by atoms with E-state index in [1.165, 1.54) is 7.11 Å². The fraction of sp³-hybridized carbons (Fsp3) is 0.583. The molecule has 0 aliphatic carbocycles. The molecule has 106 valence electrons. The predicted molar refractivity (Wildman–Crippen MR) is 71.3 cm³/mol.